The van der Waals surface area contributed by atoms with Gasteiger partial charge in [0.15, 0.2) is 0 Å². The summed E-state index contributed by atoms with van der Waals surface area (Å²) in [6, 6.07) is 10.7. The summed E-state index contributed by atoms with van der Waals surface area (Å²) in [5.74, 6) is 5.51. The average Bonchev–Trinajstić information content (AvgIpc) is 3.20. The number of fused-ring (bicyclic) bond motifs is 5. The van der Waals surface area contributed by atoms with Crippen molar-refractivity contribution in [3.63, 3.8) is 0 Å². The van der Waals surface area contributed by atoms with Gasteiger partial charge in [-0.15, -0.1) is 0 Å². The molecule has 4 aliphatic rings. The zero-order valence-corrected chi connectivity index (χ0v) is 23.4. The lowest BCUT2D eigenvalue weighted by Crippen LogP contribution is -2.51. The summed E-state index contributed by atoms with van der Waals surface area (Å²) in [6.45, 7) is 13.5. The third-order valence-corrected chi connectivity index (χ3v) is 11.6. The SMILES string of the molecule is CC(C)CCC[C@@H](C)[C@H]1CC[C@H]2[C@@H]3CC=C4C[C@@H](OCc5ccccc5)CC[C@]4(C)[C@H]3CC[C@]12C. The first-order valence-electron chi connectivity index (χ1n) is 15.2. The van der Waals surface area contributed by atoms with Gasteiger partial charge in [-0.05, 0) is 103 Å². The Morgan fingerprint density at radius 1 is 0.914 bits per heavy atom. The van der Waals surface area contributed by atoms with Gasteiger partial charge in [0.05, 0.1) is 12.7 Å². The Morgan fingerprint density at radius 3 is 2.49 bits per heavy atom. The summed E-state index contributed by atoms with van der Waals surface area (Å²) in [5, 5.41) is 0. The average molecular weight is 477 g/mol. The Labute approximate surface area is 216 Å². The zero-order valence-electron chi connectivity index (χ0n) is 23.4. The lowest BCUT2D eigenvalue weighted by Gasteiger charge is -2.58. The first-order chi connectivity index (χ1) is 16.8. The summed E-state index contributed by atoms with van der Waals surface area (Å²) < 4.78 is 6.43. The van der Waals surface area contributed by atoms with Gasteiger partial charge in [0.2, 0.25) is 0 Å². The Hall–Kier alpha value is -1.08. The maximum atomic E-state index is 6.43. The third kappa shape index (κ3) is 4.93. The lowest BCUT2D eigenvalue weighted by molar-refractivity contribution is -0.0656. The van der Waals surface area contributed by atoms with E-state index in [2.05, 4.69) is 71.0 Å². The summed E-state index contributed by atoms with van der Waals surface area (Å²) in [7, 11) is 0. The monoisotopic (exact) mass is 476 g/mol. The molecule has 0 radical (unpaired) electrons. The van der Waals surface area contributed by atoms with Crippen molar-refractivity contribution in [1.82, 2.24) is 0 Å². The number of benzene rings is 1. The molecule has 8 atom stereocenters. The van der Waals surface area contributed by atoms with Crippen LogP contribution in [0, 0.1) is 46.3 Å². The molecule has 194 valence electrons. The second kappa shape index (κ2) is 10.4. The third-order valence-electron chi connectivity index (χ3n) is 11.6. The highest BCUT2D eigenvalue weighted by Gasteiger charge is 2.59. The largest absolute Gasteiger partial charge is 0.373 e. The molecular formula is C34H52O. The molecule has 0 unspecified atom stereocenters. The molecule has 3 saturated carbocycles. The molecule has 1 aromatic carbocycles. The maximum Gasteiger partial charge on any atom is 0.0720 e. The van der Waals surface area contributed by atoms with Crippen molar-refractivity contribution >= 4 is 0 Å². The molecule has 0 bridgehead atoms. The highest BCUT2D eigenvalue weighted by atomic mass is 16.5. The zero-order chi connectivity index (χ0) is 24.6. The standard InChI is InChI=1S/C34H52O/c1-24(2)10-9-11-25(3)30-16-17-31-29-15-14-27-22-28(35-23-26-12-7-6-8-13-26)18-20-33(27,4)32(29)19-21-34(30,31)5/h6-8,12-14,24-25,28-32H,9-11,15-23H2,1-5H3/t25-,28+,29+,30-,31+,32+,33+,34-/m1/s1. The van der Waals surface area contributed by atoms with Crippen LogP contribution in [0.15, 0.2) is 42.0 Å². The van der Waals surface area contributed by atoms with E-state index in [-0.39, 0.29) is 0 Å². The highest BCUT2D eigenvalue weighted by molar-refractivity contribution is 5.25. The predicted molar refractivity (Wildman–Crippen MR) is 148 cm³/mol. The van der Waals surface area contributed by atoms with Crippen molar-refractivity contribution in [2.75, 3.05) is 0 Å². The van der Waals surface area contributed by atoms with Crippen LogP contribution in [0.4, 0.5) is 0 Å². The van der Waals surface area contributed by atoms with Crippen molar-refractivity contribution in [3.8, 4) is 0 Å². The number of ether oxygens (including phenoxy) is 1. The number of rotatable bonds is 8. The molecule has 3 fully saturated rings. The number of allylic oxidation sites excluding steroid dienone is 1. The molecule has 5 rings (SSSR count). The normalized spacial score (nSPS) is 39.5. The Bertz CT molecular complexity index is 870. The van der Waals surface area contributed by atoms with E-state index in [0.717, 1.165) is 42.1 Å². The van der Waals surface area contributed by atoms with Crippen molar-refractivity contribution in [3.05, 3.63) is 47.5 Å². The molecule has 0 spiro atoms. The van der Waals surface area contributed by atoms with Gasteiger partial charge in [0.1, 0.15) is 0 Å². The van der Waals surface area contributed by atoms with E-state index in [9.17, 15) is 0 Å². The number of hydrogen-bond acceptors (Lipinski definition) is 1. The molecule has 0 heterocycles. The molecule has 0 amide bonds. The Kier molecular flexibility index (Phi) is 7.56. The summed E-state index contributed by atoms with van der Waals surface area (Å²) in [6.07, 6.45) is 18.4. The van der Waals surface area contributed by atoms with Crippen LogP contribution in [0.2, 0.25) is 0 Å². The van der Waals surface area contributed by atoms with Crippen molar-refractivity contribution in [2.45, 2.75) is 118 Å². The van der Waals surface area contributed by atoms with Crippen molar-refractivity contribution < 1.29 is 4.74 Å². The highest BCUT2D eigenvalue weighted by Crippen LogP contribution is 2.67. The Balaban J connectivity index is 1.24. The van der Waals surface area contributed by atoms with E-state index in [1.807, 2.05) is 0 Å². The molecule has 4 aliphatic carbocycles. The molecule has 0 N–H and O–H groups in total. The first-order valence-corrected chi connectivity index (χ1v) is 15.2. The number of hydrogen-bond donors (Lipinski definition) is 0. The second-order valence-electron chi connectivity index (χ2n) is 14.0. The van der Waals surface area contributed by atoms with E-state index >= 15 is 0 Å². The van der Waals surface area contributed by atoms with Gasteiger partial charge in [-0.25, -0.2) is 0 Å². The second-order valence-corrected chi connectivity index (χ2v) is 14.0. The van der Waals surface area contributed by atoms with Crippen LogP contribution in [0.25, 0.3) is 0 Å². The van der Waals surface area contributed by atoms with Gasteiger partial charge in [0, 0.05) is 0 Å². The fourth-order valence-electron chi connectivity index (χ4n) is 9.58. The summed E-state index contributed by atoms with van der Waals surface area (Å²) in [4.78, 5) is 0. The van der Waals surface area contributed by atoms with E-state index in [1.165, 1.54) is 76.2 Å². The molecule has 0 aliphatic heterocycles. The fraction of sp³-hybridized carbons (Fsp3) is 0.765. The van der Waals surface area contributed by atoms with Crippen molar-refractivity contribution in [2.24, 2.45) is 46.3 Å². The van der Waals surface area contributed by atoms with Gasteiger partial charge in [-0.3, -0.25) is 0 Å². The van der Waals surface area contributed by atoms with Crippen LogP contribution in [0.5, 0.6) is 0 Å². The maximum absolute atomic E-state index is 6.43. The first kappa shape index (κ1) is 25.6. The van der Waals surface area contributed by atoms with Crippen molar-refractivity contribution in [1.29, 1.82) is 0 Å². The van der Waals surface area contributed by atoms with E-state index < -0.39 is 0 Å². The topological polar surface area (TPSA) is 9.23 Å². The van der Waals surface area contributed by atoms with Gasteiger partial charge < -0.3 is 4.74 Å². The molecule has 1 aromatic rings. The van der Waals surface area contributed by atoms with Gasteiger partial charge >= 0.3 is 0 Å². The van der Waals surface area contributed by atoms with Crippen LogP contribution in [0.3, 0.4) is 0 Å². The fourth-order valence-corrected chi connectivity index (χ4v) is 9.58. The molecule has 0 saturated heterocycles. The predicted octanol–water partition coefficient (Wildman–Crippen LogP) is 9.61. The summed E-state index contributed by atoms with van der Waals surface area (Å²) in [5.41, 5.74) is 4.08. The van der Waals surface area contributed by atoms with Crippen LogP contribution >= 0.6 is 0 Å². The van der Waals surface area contributed by atoms with Crippen LogP contribution in [-0.2, 0) is 11.3 Å². The molecule has 1 heteroatoms. The molecular weight excluding hydrogens is 424 g/mol. The van der Waals surface area contributed by atoms with E-state index in [0.29, 0.717) is 16.9 Å². The van der Waals surface area contributed by atoms with Crippen LogP contribution in [0.1, 0.15) is 111 Å². The van der Waals surface area contributed by atoms with Crippen LogP contribution < -0.4 is 0 Å². The molecule has 35 heavy (non-hydrogen) atoms. The van der Waals surface area contributed by atoms with Gasteiger partial charge in [0.25, 0.3) is 0 Å². The summed E-state index contributed by atoms with van der Waals surface area (Å²) >= 11 is 0. The van der Waals surface area contributed by atoms with Gasteiger partial charge in [-0.2, -0.15) is 0 Å². The van der Waals surface area contributed by atoms with Gasteiger partial charge in [-0.1, -0.05) is 95.9 Å². The minimum atomic E-state index is 0.405. The minimum Gasteiger partial charge on any atom is -0.373 e. The smallest absolute Gasteiger partial charge is 0.0720 e. The quantitative estimate of drug-likeness (QED) is 0.339. The van der Waals surface area contributed by atoms with E-state index in [4.69, 9.17) is 4.74 Å². The minimum absolute atomic E-state index is 0.405. The lowest BCUT2D eigenvalue weighted by atomic mass is 9.47. The Morgan fingerprint density at radius 2 is 1.71 bits per heavy atom. The molecule has 0 aromatic heterocycles. The van der Waals surface area contributed by atoms with Crippen LogP contribution in [-0.4, -0.2) is 6.10 Å². The van der Waals surface area contributed by atoms with E-state index in [1.54, 1.807) is 5.57 Å². The molecule has 1 nitrogen and oxygen atoms in total.